The molecular formula is C19H28N6O2. The lowest BCUT2D eigenvalue weighted by Gasteiger charge is -2.21. The van der Waals surface area contributed by atoms with Gasteiger partial charge in [-0.2, -0.15) is 5.10 Å². The Morgan fingerprint density at radius 2 is 1.89 bits per heavy atom. The summed E-state index contributed by atoms with van der Waals surface area (Å²) in [5, 5.41) is 8.27. The fraction of sp³-hybridized carbons (Fsp3) is 0.684. The second-order valence-electron chi connectivity index (χ2n) is 7.46. The zero-order chi connectivity index (χ0) is 18.5. The van der Waals surface area contributed by atoms with E-state index in [1.54, 1.807) is 6.20 Å². The topological polar surface area (TPSA) is 85.2 Å². The number of aromatic nitrogens is 4. The van der Waals surface area contributed by atoms with Crippen LogP contribution in [0.15, 0.2) is 12.5 Å². The zero-order valence-corrected chi connectivity index (χ0v) is 15.8. The van der Waals surface area contributed by atoms with Crippen molar-refractivity contribution in [3.05, 3.63) is 12.5 Å². The number of rotatable bonds is 5. The quantitative estimate of drug-likeness (QED) is 0.865. The molecule has 2 aliphatic heterocycles. The van der Waals surface area contributed by atoms with Gasteiger partial charge in [0.15, 0.2) is 5.65 Å². The molecule has 1 amide bonds. The number of anilines is 1. The van der Waals surface area contributed by atoms with Gasteiger partial charge in [0, 0.05) is 25.7 Å². The number of nitrogens with one attached hydrogen (secondary N) is 1. The molecule has 4 rings (SSSR count). The minimum atomic E-state index is -0.0122. The molecule has 146 valence electrons. The van der Waals surface area contributed by atoms with E-state index >= 15 is 0 Å². The van der Waals surface area contributed by atoms with E-state index in [9.17, 15) is 4.79 Å². The fourth-order valence-corrected chi connectivity index (χ4v) is 3.93. The van der Waals surface area contributed by atoms with Gasteiger partial charge in [-0.15, -0.1) is 0 Å². The second kappa shape index (κ2) is 8.75. The van der Waals surface area contributed by atoms with Crippen LogP contribution >= 0.6 is 0 Å². The molecule has 0 bridgehead atoms. The third kappa shape index (κ3) is 4.44. The molecule has 0 aliphatic carbocycles. The van der Waals surface area contributed by atoms with Crippen LogP contribution in [0.1, 0.15) is 38.5 Å². The first kappa shape index (κ1) is 18.3. The smallest absolute Gasteiger partial charge is 0.228 e. The van der Waals surface area contributed by atoms with Crippen LogP contribution in [0.3, 0.4) is 0 Å². The van der Waals surface area contributed by atoms with Gasteiger partial charge in [0.25, 0.3) is 0 Å². The summed E-state index contributed by atoms with van der Waals surface area (Å²) >= 11 is 0. The first-order valence-electron chi connectivity index (χ1n) is 10.1. The second-order valence-corrected chi connectivity index (χ2v) is 7.46. The Balaban J connectivity index is 1.43. The molecule has 1 N–H and O–H groups in total. The molecule has 2 aromatic heterocycles. The molecule has 0 spiro atoms. The number of hydrogen-bond donors (Lipinski definition) is 1. The lowest BCUT2D eigenvalue weighted by atomic mass is 9.99. The monoisotopic (exact) mass is 372 g/mol. The third-order valence-electron chi connectivity index (χ3n) is 5.59. The zero-order valence-electron chi connectivity index (χ0n) is 15.8. The predicted octanol–water partition coefficient (Wildman–Crippen LogP) is 2.07. The molecule has 2 fully saturated rings. The largest absolute Gasteiger partial charge is 0.381 e. The summed E-state index contributed by atoms with van der Waals surface area (Å²) in [5.41, 5.74) is 0.780. The van der Waals surface area contributed by atoms with Gasteiger partial charge in [-0.3, -0.25) is 4.79 Å². The van der Waals surface area contributed by atoms with E-state index < -0.39 is 0 Å². The highest BCUT2D eigenvalue weighted by molar-refractivity contribution is 5.99. The van der Waals surface area contributed by atoms with Crippen molar-refractivity contribution in [1.29, 1.82) is 0 Å². The Hall–Kier alpha value is -2.06. The summed E-state index contributed by atoms with van der Waals surface area (Å²) in [6.45, 7) is 5.40. The summed E-state index contributed by atoms with van der Waals surface area (Å²) in [6, 6.07) is 0. The fourth-order valence-electron chi connectivity index (χ4n) is 3.93. The molecule has 8 nitrogen and oxygen atoms in total. The summed E-state index contributed by atoms with van der Waals surface area (Å²) < 4.78 is 7.26. The van der Waals surface area contributed by atoms with Crippen molar-refractivity contribution in [2.24, 2.45) is 5.92 Å². The third-order valence-corrected chi connectivity index (χ3v) is 5.59. The molecule has 8 heteroatoms. The molecule has 0 unspecified atom stereocenters. The molecule has 2 aliphatic rings. The summed E-state index contributed by atoms with van der Waals surface area (Å²) in [6.07, 6.45) is 10.0. The van der Waals surface area contributed by atoms with Crippen molar-refractivity contribution < 1.29 is 9.53 Å². The van der Waals surface area contributed by atoms with E-state index in [1.807, 2.05) is 4.68 Å². The van der Waals surface area contributed by atoms with Crippen LogP contribution in [-0.4, -0.2) is 63.4 Å². The molecule has 27 heavy (non-hydrogen) atoms. The molecule has 2 saturated heterocycles. The van der Waals surface area contributed by atoms with Crippen LogP contribution < -0.4 is 5.32 Å². The van der Waals surface area contributed by atoms with Gasteiger partial charge in [-0.05, 0) is 38.8 Å². The highest BCUT2D eigenvalue weighted by atomic mass is 16.5. The van der Waals surface area contributed by atoms with Gasteiger partial charge < -0.3 is 15.0 Å². The number of nitrogens with zero attached hydrogens (tertiary/aromatic N) is 5. The molecule has 2 aromatic rings. The van der Waals surface area contributed by atoms with Gasteiger partial charge >= 0.3 is 0 Å². The van der Waals surface area contributed by atoms with Crippen LogP contribution in [0.5, 0.6) is 0 Å². The maximum Gasteiger partial charge on any atom is 0.228 e. The van der Waals surface area contributed by atoms with E-state index in [0.29, 0.717) is 19.0 Å². The number of likely N-dealkylation sites (tertiary alicyclic amines) is 1. The molecule has 0 atom stereocenters. The van der Waals surface area contributed by atoms with Crippen molar-refractivity contribution >= 4 is 22.8 Å². The number of carbonyl (C=O) groups is 1. The van der Waals surface area contributed by atoms with Gasteiger partial charge in [-0.1, -0.05) is 12.8 Å². The molecular weight excluding hydrogens is 344 g/mol. The minimum Gasteiger partial charge on any atom is -0.381 e. The maximum atomic E-state index is 12.5. The summed E-state index contributed by atoms with van der Waals surface area (Å²) in [7, 11) is 0. The van der Waals surface area contributed by atoms with E-state index in [2.05, 4.69) is 25.3 Å². The summed E-state index contributed by atoms with van der Waals surface area (Å²) in [5.74, 6) is 0.551. The Morgan fingerprint density at radius 3 is 2.67 bits per heavy atom. The number of fused-ring (bicyclic) bond motifs is 1. The van der Waals surface area contributed by atoms with E-state index in [0.717, 1.165) is 37.0 Å². The van der Waals surface area contributed by atoms with Crippen molar-refractivity contribution in [1.82, 2.24) is 24.6 Å². The Bertz CT molecular complexity index is 763. The Kier molecular flexibility index (Phi) is 5.94. The van der Waals surface area contributed by atoms with Crippen LogP contribution in [-0.2, 0) is 16.1 Å². The number of hydrogen-bond acceptors (Lipinski definition) is 6. The van der Waals surface area contributed by atoms with Crippen molar-refractivity contribution in [2.75, 3.05) is 38.2 Å². The predicted molar refractivity (Wildman–Crippen MR) is 102 cm³/mol. The summed E-state index contributed by atoms with van der Waals surface area (Å²) in [4.78, 5) is 23.7. The van der Waals surface area contributed by atoms with Crippen molar-refractivity contribution in [3.63, 3.8) is 0 Å². The average Bonchev–Trinajstić information content (AvgIpc) is 2.94. The molecule has 4 heterocycles. The highest BCUT2D eigenvalue weighted by Crippen LogP contribution is 2.22. The Labute approximate surface area is 159 Å². The molecule has 0 radical (unpaired) electrons. The number of ether oxygens (including phenoxy) is 1. The van der Waals surface area contributed by atoms with E-state index in [-0.39, 0.29) is 11.8 Å². The van der Waals surface area contributed by atoms with E-state index in [1.165, 1.54) is 45.1 Å². The standard InChI is InChI=1S/C19H28N6O2/c26-19(15-5-11-27-12-6-15)23-17-16-13-22-25(18(16)21-14-20-17)10-9-24-7-3-1-2-4-8-24/h13-15H,1-12H2,(H,20,21,23,26). The van der Waals surface area contributed by atoms with Crippen molar-refractivity contribution in [3.8, 4) is 0 Å². The molecule has 0 saturated carbocycles. The van der Waals surface area contributed by atoms with Gasteiger partial charge in [0.2, 0.25) is 5.91 Å². The lowest BCUT2D eigenvalue weighted by molar-refractivity contribution is -0.122. The van der Waals surface area contributed by atoms with Crippen molar-refractivity contribution in [2.45, 2.75) is 45.1 Å². The first-order valence-corrected chi connectivity index (χ1v) is 10.1. The van der Waals surface area contributed by atoms with Crippen LogP contribution in [0, 0.1) is 5.92 Å². The number of amides is 1. The van der Waals surface area contributed by atoms with Crippen LogP contribution in [0.4, 0.5) is 5.82 Å². The van der Waals surface area contributed by atoms with Gasteiger partial charge in [0.1, 0.15) is 12.1 Å². The average molecular weight is 372 g/mol. The minimum absolute atomic E-state index is 0.00983. The maximum absolute atomic E-state index is 12.5. The normalized spacial score (nSPS) is 19.9. The van der Waals surface area contributed by atoms with E-state index in [4.69, 9.17) is 4.74 Å². The first-order chi connectivity index (χ1) is 13.3. The highest BCUT2D eigenvalue weighted by Gasteiger charge is 2.23. The van der Waals surface area contributed by atoms with Crippen LogP contribution in [0.25, 0.3) is 11.0 Å². The van der Waals surface area contributed by atoms with Gasteiger partial charge in [0.05, 0.1) is 18.1 Å². The Morgan fingerprint density at radius 1 is 1.11 bits per heavy atom. The van der Waals surface area contributed by atoms with Gasteiger partial charge in [-0.25, -0.2) is 14.6 Å². The van der Waals surface area contributed by atoms with Crippen LogP contribution in [0.2, 0.25) is 0 Å². The number of carbonyl (C=O) groups excluding carboxylic acids is 1. The molecule has 0 aromatic carbocycles. The lowest BCUT2D eigenvalue weighted by Crippen LogP contribution is -2.29. The SMILES string of the molecule is O=C(Nc1ncnc2c1cnn2CCN1CCCCCC1)C1CCOCC1.